The number of hydrogen-bond acceptors (Lipinski definition) is 3. The van der Waals surface area contributed by atoms with E-state index in [-0.39, 0.29) is 42.7 Å². The van der Waals surface area contributed by atoms with E-state index in [4.69, 9.17) is 5.73 Å². The van der Waals surface area contributed by atoms with Gasteiger partial charge in [-0.25, -0.2) is 0 Å². The van der Waals surface area contributed by atoms with E-state index in [1.807, 2.05) is 6.07 Å². The van der Waals surface area contributed by atoms with Crippen molar-refractivity contribution in [3.63, 3.8) is 0 Å². The Morgan fingerprint density at radius 3 is 2.17 bits per heavy atom. The maximum Gasteiger partial charge on any atom is 0.239 e. The summed E-state index contributed by atoms with van der Waals surface area (Å²) in [7, 11) is 0. The first kappa shape index (κ1) is 20.5. The Kier molecular flexibility index (Phi) is 8.79. The summed E-state index contributed by atoms with van der Waals surface area (Å²) in [5, 5.41) is 5.51. The van der Waals surface area contributed by atoms with Gasteiger partial charge >= 0.3 is 0 Å². The van der Waals surface area contributed by atoms with Crippen LogP contribution in [0, 0.1) is 0 Å². The lowest BCUT2D eigenvalue weighted by atomic mass is 9.74. The lowest BCUT2D eigenvalue weighted by molar-refractivity contribution is -0.125. The van der Waals surface area contributed by atoms with Gasteiger partial charge in [-0.3, -0.25) is 9.59 Å². The third-order valence-corrected chi connectivity index (χ3v) is 4.70. The molecule has 0 bridgehead atoms. The molecule has 0 heterocycles. The van der Waals surface area contributed by atoms with Gasteiger partial charge in [0.1, 0.15) is 0 Å². The molecule has 6 heteroatoms. The molecule has 1 aromatic rings. The van der Waals surface area contributed by atoms with Crippen LogP contribution in [0.3, 0.4) is 0 Å². The van der Waals surface area contributed by atoms with Crippen LogP contribution in [0.2, 0.25) is 0 Å². The third-order valence-electron chi connectivity index (χ3n) is 4.70. The number of amides is 2. The van der Waals surface area contributed by atoms with E-state index < -0.39 is 0 Å². The van der Waals surface area contributed by atoms with Crippen molar-refractivity contribution in [2.24, 2.45) is 5.73 Å². The molecule has 0 unspecified atom stereocenters. The number of hydrogen-bond donors (Lipinski definition) is 3. The van der Waals surface area contributed by atoms with Crippen LogP contribution in [-0.2, 0) is 15.0 Å². The van der Waals surface area contributed by atoms with Crippen LogP contribution in [-0.4, -0.2) is 31.4 Å². The van der Waals surface area contributed by atoms with Crippen LogP contribution in [0.4, 0.5) is 0 Å². The zero-order chi connectivity index (χ0) is 16.5. The van der Waals surface area contributed by atoms with Gasteiger partial charge in [0, 0.05) is 12.0 Å². The quantitative estimate of drug-likeness (QED) is 0.683. The molecule has 24 heavy (non-hydrogen) atoms. The Morgan fingerprint density at radius 2 is 1.58 bits per heavy atom. The van der Waals surface area contributed by atoms with E-state index in [9.17, 15) is 9.59 Å². The van der Waals surface area contributed by atoms with Crippen molar-refractivity contribution in [3.05, 3.63) is 35.9 Å². The normalized spacial score (nSPS) is 16.4. The highest BCUT2D eigenvalue weighted by Gasteiger charge is 2.33. The minimum atomic E-state index is -0.313. The largest absolute Gasteiger partial charge is 0.354 e. The minimum Gasteiger partial charge on any atom is -0.354 e. The van der Waals surface area contributed by atoms with Crippen molar-refractivity contribution in [2.45, 2.75) is 43.9 Å². The number of benzene rings is 1. The fourth-order valence-electron chi connectivity index (χ4n) is 3.35. The number of carbonyl (C=O) groups is 2. The predicted molar refractivity (Wildman–Crippen MR) is 98.1 cm³/mol. The number of carbonyl (C=O) groups excluding carboxylic acids is 2. The first-order valence-corrected chi connectivity index (χ1v) is 8.45. The molecular weight excluding hydrogens is 326 g/mol. The van der Waals surface area contributed by atoms with E-state index in [0.29, 0.717) is 6.54 Å². The smallest absolute Gasteiger partial charge is 0.239 e. The standard InChI is InChI=1S/C18H27N3O2.ClH/c19-12-16(22)20-13-17(23)21-14-18(10-6-1-2-7-11-18)15-8-4-3-5-9-15;/h3-5,8-9H,1-2,6-7,10-14,19H2,(H,20,22)(H,21,23);1H. The van der Waals surface area contributed by atoms with E-state index in [0.717, 1.165) is 12.8 Å². The summed E-state index contributed by atoms with van der Waals surface area (Å²) < 4.78 is 0. The molecule has 5 nitrogen and oxygen atoms in total. The molecule has 0 radical (unpaired) electrons. The maximum absolute atomic E-state index is 12.0. The van der Waals surface area contributed by atoms with Gasteiger partial charge in [0.2, 0.25) is 11.8 Å². The second-order valence-corrected chi connectivity index (χ2v) is 6.32. The molecule has 0 aromatic heterocycles. The molecule has 2 rings (SSSR count). The molecule has 1 aliphatic carbocycles. The Balaban J connectivity index is 0.00000288. The van der Waals surface area contributed by atoms with Gasteiger partial charge < -0.3 is 16.4 Å². The summed E-state index contributed by atoms with van der Waals surface area (Å²) in [5.41, 5.74) is 6.52. The Hall–Kier alpha value is -1.59. The molecule has 0 spiro atoms. The molecule has 1 fully saturated rings. The fourth-order valence-corrected chi connectivity index (χ4v) is 3.35. The predicted octanol–water partition coefficient (Wildman–Crippen LogP) is 1.89. The Labute approximate surface area is 150 Å². The van der Waals surface area contributed by atoms with Crippen LogP contribution < -0.4 is 16.4 Å². The van der Waals surface area contributed by atoms with Crippen molar-refractivity contribution in [1.29, 1.82) is 0 Å². The average molecular weight is 354 g/mol. The highest BCUT2D eigenvalue weighted by atomic mass is 35.5. The second kappa shape index (κ2) is 10.3. The van der Waals surface area contributed by atoms with Crippen LogP contribution in [0.5, 0.6) is 0 Å². The molecule has 2 amide bonds. The first-order valence-electron chi connectivity index (χ1n) is 8.45. The number of rotatable bonds is 6. The van der Waals surface area contributed by atoms with Gasteiger partial charge in [-0.2, -0.15) is 0 Å². The summed E-state index contributed by atoms with van der Waals surface area (Å²) >= 11 is 0. The van der Waals surface area contributed by atoms with Crippen molar-refractivity contribution in [1.82, 2.24) is 10.6 Å². The minimum absolute atomic E-state index is 0. The van der Waals surface area contributed by atoms with Crippen LogP contribution >= 0.6 is 12.4 Å². The summed E-state index contributed by atoms with van der Waals surface area (Å²) in [6, 6.07) is 10.5. The lowest BCUT2D eigenvalue weighted by Gasteiger charge is -2.34. The SMILES string of the molecule is Cl.NCC(=O)NCC(=O)NCC1(c2ccccc2)CCCCCC1. The number of nitrogens with two attached hydrogens (primary N) is 1. The molecule has 0 saturated heterocycles. The molecule has 1 saturated carbocycles. The van der Waals surface area contributed by atoms with Gasteiger partial charge in [0.25, 0.3) is 0 Å². The molecule has 0 atom stereocenters. The molecular formula is C18H28ClN3O2. The topological polar surface area (TPSA) is 84.2 Å². The van der Waals surface area contributed by atoms with Crippen molar-refractivity contribution in [2.75, 3.05) is 19.6 Å². The van der Waals surface area contributed by atoms with E-state index >= 15 is 0 Å². The van der Waals surface area contributed by atoms with Crippen molar-refractivity contribution in [3.8, 4) is 0 Å². The molecule has 4 N–H and O–H groups in total. The zero-order valence-corrected chi connectivity index (χ0v) is 14.9. The second-order valence-electron chi connectivity index (χ2n) is 6.32. The van der Waals surface area contributed by atoms with Crippen molar-refractivity contribution < 1.29 is 9.59 Å². The van der Waals surface area contributed by atoms with Gasteiger partial charge in [-0.1, -0.05) is 56.0 Å². The molecule has 1 aliphatic rings. The highest BCUT2D eigenvalue weighted by molar-refractivity contribution is 5.85. The monoisotopic (exact) mass is 353 g/mol. The van der Waals surface area contributed by atoms with Gasteiger partial charge in [0.15, 0.2) is 0 Å². The lowest BCUT2D eigenvalue weighted by Crippen LogP contribution is -2.45. The summed E-state index contributed by atoms with van der Waals surface area (Å²) in [6.45, 7) is 0.510. The first-order chi connectivity index (χ1) is 11.2. The zero-order valence-electron chi connectivity index (χ0n) is 14.1. The van der Waals surface area contributed by atoms with Gasteiger partial charge in [-0.05, 0) is 18.4 Å². The summed E-state index contributed by atoms with van der Waals surface area (Å²) in [6.07, 6.45) is 7.08. The number of halogens is 1. The number of nitrogens with one attached hydrogen (secondary N) is 2. The third kappa shape index (κ3) is 5.80. The fraction of sp³-hybridized carbons (Fsp3) is 0.556. The van der Waals surface area contributed by atoms with Crippen LogP contribution in [0.15, 0.2) is 30.3 Å². The van der Waals surface area contributed by atoms with Gasteiger partial charge in [-0.15, -0.1) is 12.4 Å². The van der Waals surface area contributed by atoms with E-state index in [1.165, 1.54) is 31.2 Å². The van der Waals surface area contributed by atoms with Crippen molar-refractivity contribution >= 4 is 24.2 Å². The van der Waals surface area contributed by atoms with Gasteiger partial charge in [0.05, 0.1) is 13.1 Å². The van der Waals surface area contributed by atoms with Crippen LogP contribution in [0.1, 0.15) is 44.1 Å². The van der Waals surface area contributed by atoms with Crippen LogP contribution in [0.25, 0.3) is 0 Å². The summed E-state index contributed by atoms with van der Waals surface area (Å²) in [4.78, 5) is 23.1. The Morgan fingerprint density at radius 1 is 0.958 bits per heavy atom. The molecule has 134 valence electrons. The van der Waals surface area contributed by atoms with E-state index in [1.54, 1.807) is 0 Å². The average Bonchev–Trinajstić information content (AvgIpc) is 2.85. The highest BCUT2D eigenvalue weighted by Crippen LogP contribution is 2.37. The van der Waals surface area contributed by atoms with E-state index in [2.05, 4.69) is 34.9 Å². The molecule has 0 aliphatic heterocycles. The Bertz CT molecular complexity index is 514. The maximum atomic E-state index is 12.0. The molecule has 1 aromatic carbocycles. The summed E-state index contributed by atoms with van der Waals surface area (Å²) in [5.74, 6) is -0.473.